The second kappa shape index (κ2) is 3.21. The lowest BCUT2D eigenvalue weighted by Crippen LogP contribution is -2.31. The number of hydrogen-bond donors (Lipinski definition) is 1. The van der Waals surface area contributed by atoms with Crippen LogP contribution in [-0.4, -0.2) is 27.3 Å². The summed E-state index contributed by atoms with van der Waals surface area (Å²) in [5.74, 6) is -0.240. The van der Waals surface area contributed by atoms with E-state index >= 15 is 0 Å². The van der Waals surface area contributed by atoms with Gasteiger partial charge < -0.3 is 5.32 Å². The predicted molar refractivity (Wildman–Crippen MR) is 41.5 cm³/mol. The van der Waals surface area contributed by atoms with Crippen molar-refractivity contribution in [3.63, 3.8) is 0 Å². The highest BCUT2D eigenvalue weighted by atomic mass is 16.2. The summed E-state index contributed by atoms with van der Waals surface area (Å²) in [4.78, 5) is 21.9. The third-order valence-electron chi connectivity index (χ3n) is 1.46. The summed E-state index contributed by atoms with van der Waals surface area (Å²) >= 11 is 0. The molecular weight excluding hydrogens is 160 g/mol. The Morgan fingerprint density at radius 2 is 2.42 bits per heavy atom. The molecule has 0 spiro atoms. The van der Waals surface area contributed by atoms with Crippen LogP contribution in [0, 0.1) is 0 Å². The number of carbonyl (C=O) groups is 1. The van der Waals surface area contributed by atoms with Crippen molar-refractivity contribution in [1.29, 1.82) is 0 Å². The second-order valence-corrected chi connectivity index (χ2v) is 2.36. The number of hydrogen-bond acceptors (Lipinski definition) is 3. The molecule has 0 aliphatic rings. The number of aryl methyl sites for hydroxylation is 1. The van der Waals surface area contributed by atoms with Crippen LogP contribution in [0.5, 0.6) is 0 Å². The van der Waals surface area contributed by atoms with Gasteiger partial charge in [0.2, 0.25) is 5.91 Å². The molecule has 1 aromatic heterocycles. The fourth-order valence-electron chi connectivity index (χ4n) is 0.744. The van der Waals surface area contributed by atoms with Gasteiger partial charge in [-0.15, -0.1) is 0 Å². The average Bonchev–Trinajstić information content (AvgIpc) is 2.36. The van der Waals surface area contributed by atoms with Crippen LogP contribution in [0.2, 0.25) is 0 Å². The monoisotopic (exact) mass is 170 g/mol. The minimum Gasteiger partial charge on any atom is -0.358 e. The summed E-state index contributed by atoms with van der Waals surface area (Å²) in [5.41, 5.74) is -0.293. The Hall–Kier alpha value is -1.59. The summed E-state index contributed by atoms with van der Waals surface area (Å²) < 4.78 is 2.40. The lowest BCUT2D eigenvalue weighted by Gasteiger charge is -1.96. The number of aromatic nitrogens is 3. The zero-order valence-corrected chi connectivity index (χ0v) is 6.94. The van der Waals surface area contributed by atoms with Gasteiger partial charge in [0, 0.05) is 14.1 Å². The zero-order chi connectivity index (χ0) is 9.14. The Morgan fingerprint density at radius 3 is 2.83 bits per heavy atom. The van der Waals surface area contributed by atoms with Crippen molar-refractivity contribution in [2.24, 2.45) is 7.05 Å². The largest absolute Gasteiger partial charge is 0.358 e. The van der Waals surface area contributed by atoms with Crippen LogP contribution < -0.4 is 11.0 Å². The van der Waals surface area contributed by atoms with E-state index in [1.54, 1.807) is 7.05 Å². The number of nitrogens with one attached hydrogen (secondary N) is 1. The van der Waals surface area contributed by atoms with E-state index in [4.69, 9.17) is 0 Å². The van der Waals surface area contributed by atoms with E-state index in [1.165, 1.54) is 17.9 Å². The average molecular weight is 170 g/mol. The van der Waals surface area contributed by atoms with Crippen molar-refractivity contribution in [1.82, 2.24) is 19.7 Å². The topological polar surface area (TPSA) is 68.9 Å². The van der Waals surface area contributed by atoms with Crippen LogP contribution >= 0.6 is 0 Å². The zero-order valence-electron chi connectivity index (χ0n) is 6.94. The molecule has 0 unspecified atom stereocenters. The van der Waals surface area contributed by atoms with Crippen LogP contribution in [0.15, 0.2) is 11.1 Å². The minimum absolute atomic E-state index is 0.0316. The van der Waals surface area contributed by atoms with Crippen molar-refractivity contribution in [2.75, 3.05) is 7.05 Å². The van der Waals surface area contributed by atoms with Gasteiger partial charge in [-0.1, -0.05) is 0 Å². The Balaban J connectivity index is 2.83. The lowest BCUT2D eigenvalue weighted by atomic mass is 10.6. The van der Waals surface area contributed by atoms with Crippen molar-refractivity contribution in [3.8, 4) is 0 Å². The normalized spacial score (nSPS) is 9.83. The number of carbonyl (C=O) groups excluding carboxylic acids is 1. The molecule has 0 aromatic carbocycles. The molecule has 66 valence electrons. The maximum Gasteiger partial charge on any atom is 0.345 e. The highest BCUT2D eigenvalue weighted by molar-refractivity contribution is 5.75. The Labute approximate surface area is 68.8 Å². The summed E-state index contributed by atoms with van der Waals surface area (Å²) in [5, 5.41) is 6.11. The summed E-state index contributed by atoms with van der Waals surface area (Å²) in [6.07, 6.45) is 1.37. The van der Waals surface area contributed by atoms with Gasteiger partial charge in [0.05, 0.1) is 0 Å². The summed E-state index contributed by atoms with van der Waals surface area (Å²) in [6.45, 7) is -0.0316. The Morgan fingerprint density at radius 1 is 1.75 bits per heavy atom. The molecule has 6 nitrogen and oxygen atoms in total. The Bertz CT molecular complexity index is 338. The standard InChI is InChI=1S/C6H10N4O2/c1-7-5(11)3-10-6(12)9(2)4-8-10/h4H,3H2,1-2H3,(H,7,11). The third kappa shape index (κ3) is 1.52. The molecule has 0 radical (unpaired) electrons. The van der Waals surface area contributed by atoms with Crippen LogP contribution in [-0.2, 0) is 18.4 Å². The first kappa shape index (κ1) is 8.51. The maximum absolute atomic E-state index is 11.1. The molecule has 0 saturated carbocycles. The molecule has 1 N–H and O–H groups in total. The van der Waals surface area contributed by atoms with E-state index in [0.717, 1.165) is 4.68 Å². The molecule has 1 rings (SSSR count). The van der Waals surface area contributed by atoms with Gasteiger partial charge in [-0.3, -0.25) is 9.36 Å². The van der Waals surface area contributed by atoms with E-state index in [2.05, 4.69) is 10.4 Å². The third-order valence-corrected chi connectivity index (χ3v) is 1.46. The van der Waals surface area contributed by atoms with E-state index < -0.39 is 0 Å². The predicted octanol–water partition coefficient (Wildman–Crippen LogP) is -1.67. The number of nitrogens with zero attached hydrogens (tertiary/aromatic N) is 3. The van der Waals surface area contributed by atoms with Crippen LogP contribution in [0.4, 0.5) is 0 Å². The van der Waals surface area contributed by atoms with E-state index in [0.29, 0.717) is 0 Å². The number of rotatable bonds is 2. The van der Waals surface area contributed by atoms with Crippen molar-refractivity contribution >= 4 is 5.91 Å². The number of likely N-dealkylation sites (N-methyl/N-ethyl adjacent to an activating group) is 1. The van der Waals surface area contributed by atoms with Gasteiger partial charge in [0.15, 0.2) is 0 Å². The highest BCUT2D eigenvalue weighted by Crippen LogP contribution is 1.75. The lowest BCUT2D eigenvalue weighted by molar-refractivity contribution is -0.121. The fraction of sp³-hybridized carbons (Fsp3) is 0.500. The molecule has 0 atom stereocenters. The van der Waals surface area contributed by atoms with Gasteiger partial charge in [-0.25, -0.2) is 9.48 Å². The quantitative estimate of drug-likeness (QED) is 0.577. The van der Waals surface area contributed by atoms with E-state index in [1.807, 2.05) is 0 Å². The van der Waals surface area contributed by atoms with Crippen LogP contribution in [0.1, 0.15) is 0 Å². The smallest absolute Gasteiger partial charge is 0.345 e. The van der Waals surface area contributed by atoms with Gasteiger partial charge in [0.25, 0.3) is 0 Å². The highest BCUT2D eigenvalue weighted by Gasteiger charge is 2.04. The molecule has 12 heavy (non-hydrogen) atoms. The molecule has 0 bridgehead atoms. The number of amides is 1. The summed E-state index contributed by atoms with van der Waals surface area (Å²) in [7, 11) is 3.09. The van der Waals surface area contributed by atoms with Crippen molar-refractivity contribution in [3.05, 3.63) is 16.8 Å². The van der Waals surface area contributed by atoms with Gasteiger partial charge in [-0.2, -0.15) is 5.10 Å². The fourth-order valence-corrected chi connectivity index (χ4v) is 0.744. The first-order valence-electron chi connectivity index (χ1n) is 3.44. The molecule has 0 aliphatic heterocycles. The molecule has 1 amide bonds. The SMILES string of the molecule is CNC(=O)Cn1ncn(C)c1=O. The van der Waals surface area contributed by atoms with Crippen LogP contribution in [0.3, 0.4) is 0 Å². The Kier molecular flexibility index (Phi) is 2.27. The van der Waals surface area contributed by atoms with Gasteiger partial charge in [0.1, 0.15) is 12.9 Å². The first-order chi connectivity index (χ1) is 5.65. The molecule has 0 aliphatic carbocycles. The molecule has 6 heteroatoms. The van der Waals surface area contributed by atoms with Gasteiger partial charge in [-0.05, 0) is 0 Å². The second-order valence-electron chi connectivity index (χ2n) is 2.36. The summed E-state index contributed by atoms with van der Waals surface area (Å²) in [6, 6.07) is 0. The molecular formula is C6H10N4O2. The minimum atomic E-state index is -0.293. The molecule has 0 saturated heterocycles. The molecule has 1 heterocycles. The first-order valence-corrected chi connectivity index (χ1v) is 3.44. The molecule has 1 aromatic rings. The van der Waals surface area contributed by atoms with E-state index in [-0.39, 0.29) is 18.1 Å². The maximum atomic E-state index is 11.1. The van der Waals surface area contributed by atoms with Crippen molar-refractivity contribution in [2.45, 2.75) is 6.54 Å². The van der Waals surface area contributed by atoms with Gasteiger partial charge >= 0.3 is 5.69 Å². The molecule has 0 fully saturated rings. The van der Waals surface area contributed by atoms with Crippen molar-refractivity contribution < 1.29 is 4.79 Å². The van der Waals surface area contributed by atoms with E-state index in [9.17, 15) is 9.59 Å². The van der Waals surface area contributed by atoms with Crippen LogP contribution in [0.25, 0.3) is 0 Å².